The van der Waals surface area contributed by atoms with Gasteiger partial charge in [0.15, 0.2) is 0 Å². The number of carbonyl (C=O) groups excluding carboxylic acids is 2. The SMILES string of the molecule is CCCN1C(=O)c2ccccc2C1Nc1cccc(C(=O)NCCN(C)C)c1. The van der Waals surface area contributed by atoms with E-state index in [0.29, 0.717) is 18.7 Å². The Hall–Kier alpha value is -2.86. The van der Waals surface area contributed by atoms with Crippen LogP contribution >= 0.6 is 0 Å². The summed E-state index contributed by atoms with van der Waals surface area (Å²) >= 11 is 0. The maximum absolute atomic E-state index is 12.8. The van der Waals surface area contributed by atoms with Crippen LogP contribution in [0.3, 0.4) is 0 Å². The topological polar surface area (TPSA) is 64.7 Å². The van der Waals surface area contributed by atoms with Gasteiger partial charge in [0.2, 0.25) is 0 Å². The van der Waals surface area contributed by atoms with Crippen LogP contribution in [0.25, 0.3) is 0 Å². The summed E-state index contributed by atoms with van der Waals surface area (Å²) in [6.07, 6.45) is 0.655. The maximum Gasteiger partial charge on any atom is 0.256 e. The first kappa shape index (κ1) is 19.9. The van der Waals surface area contributed by atoms with Crippen LogP contribution in [0.2, 0.25) is 0 Å². The molecule has 1 atom stereocenters. The number of rotatable bonds is 8. The average molecular weight is 380 g/mol. The molecule has 3 rings (SSSR count). The Balaban J connectivity index is 1.77. The van der Waals surface area contributed by atoms with Crippen molar-refractivity contribution in [1.82, 2.24) is 15.1 Å². The Morgan fingerprint density at radius 1 is 1.14 bits per heavy atom. The lowest BCUT2D eigenvalue weighted by molar-refractivity contribution is 0.0742. The lowest BCUT2D eigenvalue weighted by Gasteiger charge is -2.27. The van der Waals surface area contributed by atoms with Gasteiger partial charge in [-0.15, -0.1) is 0 Å². The molecule has 0 aromatic heterocycles. The summed E-state index contributed by atoms with van der Waals surface area (Å²) in [5.74, 6) is -0.0497. The van der Waals surface area contributed by atoms with E-state index in [9.17, 15) is 9.59 Å². The number of amides is 2. The van der Waals surface area contributed by atoms with Crippen LogP contribution in [0.4, 0.5) is 5.69 Å². The molecule has 28 heavy (non-hydrogen) atoms. The number of carbonyl (C=O) groups is 2. The largest absolute Gasteiger partial charge is 0.361 e. The van der Waals surface area contributed by atoms with Crippen LogP contribution in [-0.2, 0) is 0 Å². The molecule has 0 fully saturated rings. The molecule has 2 aromatic carbocycles. The zero-order valence-corrected chi connectivity index (χ0v) is 16.7. The van der Waals surface area contributed by atoms with Gasteiger partial charge in [-0.1, -0.05) is 31.2 Å². The zero-order chi connectivity index (χ0) is 20.1. The fourth-order valence-corrected chi connectivity index (χ4v) is 3.40. The molecule has 0 spiro atoms. The molecule has 0 saturated carbocycles. The van der Waals surface area contributed by atoms with E-state index >= 15 is 0 Å². The molecule has 1 aliphatic rings. The summed E-state index contributed by atoms with van der Waals surface area (Å²) in [4.78, 5) is 29.0. The van der Waals surface area contributed by atoms with E-state index in [1.807, 2.05) is 66.4 Å². The van der Waals surface area contributed by atoms with E-state index in [4.69, 9.17) is 0 Å². The highest BCUT2D eigenvalue weighted by Crippen LogP contribution is 2.34. The monoisotopic (exact) mass is 380 g/mol. The summed E-state index contributed by atoms with van der Waals surface area (Å²) in [5.41, 5.74) is 3.13. The number of nitrogens with zero attached hydrogens (tertiary/aromatic N) is 2. The highest BCUT2D eigenvalue weighted by molar-refractivity contribution is 5.99. The van der Waals surface area contributed by atoms with E-state index < -0.39 is 0 Å². The maximum atomic E-state index is 12.8. The standard InChI is InChI=1S/C22H28N4O2/c1-4-13-26-20(18-10-5-6-11-19(18)22(26)28)24-17-9-7-8-16(15-17)21(27)23-12-14-25(2)3/h5-11,15,20,24H,4,12-14H2,1-3H3,(H,23,27). The lowest BCUT2D eigenvalue weighted by Crippen LogP contribution is -2.33. The Kier molecular flexibility index (Phi) is 6.31. The van der Waals surface area contributed by atoms with Crippen molar-refractivity contribution < 1.29 is 9.59 Å². The quantitative estimate of drug-likeness (QED) is 0.739. The molecule has 0 saturated heterocycles. The van der Waals surface area contributed by atoms with Gasteiger partial charge >= 0.3 is 0 Å². The molecule has 6 nitrogen and oxygen atoms in total. The molecular formula is C22H28N4O2. The first-order valence-electron chi connectivity index (χ1n) is 9.70. The molecule has 6 heteroatoms. The van der Waals surface area contributed by atoms with Crippen molar-refractivity contribution in [1.29, 1.82) is 0 Å². The first-order valence-corrected chi connectivity index (χ1v) is 9.70. The van der Waals surface area contributed by atoms with E-state index in [0.717, 1.165) is 29.8 Å². The third-order valence-electron chi connectivity index (χ3n) is 4.80. The number of hydrogen-bond acceptors (Lipinski definition) is 4. The van der Waals surface area contributed by atoms with Crippen LogP contribution in [0.5, 0.6) is 0 Å². The number of benzene rings is 2. The number of hydrogen-bond donors (Lipinski definition) is 2. The molecule has 1 heterocycles. The predicted molar refractivity (Wildman–Crippen MR) is 111 cm³/mol. The summed E-state index contributed by atoms with van der Waals surface area (Å²) in [7, 11) is 3.94. The normalized spacial score (nSPS) is 15.6. The van der Waals surface area contributed by atoms with Crippen molar-refractivity contribution in [2.75, 3.05) is 39.0 Å². The zero-order valence-electron chi connectivity index (χ0n) is 16.7. The molecule has 0 bridgehead atoms. The van der Waals surface area contributed by atoms with Crippen LogP contribution < -0.4 is 10.6 Å². The Labute approximate surface area is 166 Å². The van der Waals surface area contributed by atoms with Gasteiger partial charge in [-0.3, -0.25) is 9.59 Å². The Bertz CT molecular complexity index is 850. The molecule has 0 aliphatic carbocycles. The highest BCUT2D eigenvalue weighted by Gasteiger charge is 2.35. The fourth-order valence-electron chi connectivity index (χ4n) is 3.40. The van der Waals surface area contributed by atoms with Gasteiger partial charge in [-0.25, -0.2) is 0 Å². The number of nitrogens with one attached hydrogen (secondary N) is 2. The molecule has 1 aliphatic heterocycles. The van der Waals surface area contributed by atoms with Gasteiger partial charge in [0.25, 0.3) is 11.8 Å². The van der Waals surface area contributed by atoms with Gasteiger partial charge in [0, 0.05) is 42.0 Å². The highest BCUT2D eigenvalue weighted by atomic mass is 16.2. The van der Waals surface area contributed by atoms with Crippen molar-refractivity contribution in [2.45, 2.75) is 19.5 Å². The predicted octanol–water partition coefficient (Wildman–Crippen LogP) is 2.95. The van der Waals surface area contributed by atoms with Gasteiger partial charge in [0.05, 0.1) is 0 Å². The van der Waals surface area contributed by atoms with Crippen molar-refractivity contribution in [3.63, 3.8) is 0 Å². The van der Waals surface area contributed by atoms with Gasteiger partial charge < -0.3 is 20.4 Å². The van der Waals surface area contributed by atoms with Crippen LogP contribution in [0, 0.1) is 0 Å². The van der Waals surface area contributed by atoms with Crippen LogP contribution in [-0.4, -0.2) is 55.3 Å². The number of fused-ring (bicyclic) bond motifs is 1. The van der Waals surface area contributed by atoms with Crippen molar-refractivity contribution in [3.8, 4) is 0 Å². The number of likely N-dealkylation sites (N-methyl/N-ethyl adjacent to an activating group) is 1. The van der Waals surface area contributed by atoms with E-state index in [-0.39, 0.29) is 18.0 Å². The van der Waals surface area contributed by atoms with E-state index in [1.54, 1.807) is 6.07 Å². The van der Waals surface area contributed by atoms with Crippen molar-refractivity contribution >= 4 is 17.5 Å². The molecule has 2 N–H and O–H groups in total. The summed E-state index contributed by atoms with van der Waals surface area (Å²) < 4.78 is 0. The molecule has 2 amide bonds. The Morgan fingerprint density at radius 2 is 1.93 bits per heavy atom. The minimum Gasteiger partial charge on any atom is -0.361 e. The Morgan fingerprint density at radius 3 is 2.68 bits per heavy atom. The first-order chi connectivity index (χ1) is 13.5. The van der Waals surface area contributed by atoms with Crippen LogP contribution in [0.1, 0.15) is 45.8 Å². The van der Waals surface area contributed by atoms with Gasteiger partial charge in [-0.2, -0.15) is 0 Å². The van der Waals surface area contributed by atoms with E-state index in [1.165, 1.54) is 0 Å². The van der Waals surface area contributed by atoms with E-state index in [2.05, 4.69) is 17.6 Å². The average Bonchev–Trinajstić information content (AvgIpc) is 2.94. The smallest absolute Gasteiger partial charge is 0.256 e. The molecular weight excluding hydrogens is 352 g/mol. The van der Waals surface area contributed by atoms with Crippen molar-refractivity contribution in [3.05, 3.63) is 65.2 Å². The second kappa shape index (κ2) is 8.89. The second-order valence-electron chi connectivity index (χ2n) is 7.27. The summed E-state index contributed by atoms with van der Waals surface area (Å²) in [6.45, 7) is 4.12. The summed E-state index contributed by atoms with van der Waals surface area (Å²) in [5, 5.41) is 6.38. The third-order valence-corrected chi connectivity index (χ3v) is 4.80. The van der Waals surface area contributed by atoms with Crippen LogP contribution in [0.15, 0.2) is 48.5 Å². The number of anilines is 1. The lowest BCUT2D eigenvalue weighted by atomic mass is 10.1. The second-order valence-corrected chi connectivity index (χ2v) is 7.27. The minimum atomic E-state index is -0.226. The minimum absolute atomic E-state index is 0.0486. The molecule has 0 radical (unpaired) electrons. The molecule has 148 valence electrons. The fraction of sp³-hybridized carbons (Fsp3) is 0.364. The third kappa shape index (κ3) is 4.34. The molecule has 1 unspecified atom stereocenters. The van der Waals surface area contributed by atoms with Gasteiger partial charge in [-0.05, 0) is 44.8 Å². The summed E-state index contributed by atoms with van der Waals surface area (Å²) in [6, 6.07) is 15.1. The molecule has 2 aromatic rings. The van der Waals surface area contributed by atoms with Crippen molar-refractivity contribution in [2.24, 2.45) is 0 Å². The van der Waals surface area contributed by atoms with Gasteiger partial charge in [0.1, 0.15) is 6.17 Å².